The first-order chi connectivity index (χ1) is 14.8. The van der Waals surface area contributed by atoms with E-state index in [1.807, 2.05) is 67.6 Å². The first-order valence-corrected chi connectivity index (χ1v) is 10.6. The molecule has 0 aromatic heterocycles. The second-order valence-corrected chi connectivity index (χ2v) is 8.58. The Balaban J connectivity index is 1.69. The van der Waals surface area contributed by atoms with Crippen molar-refractivity contribution in [1.82, 2.24) is 0 Å². The molecule has 1 amide bonds. The zero-order valence-electron chi connectivity index (χ0n) is 18.1. The maximum atomic E-state index is 13.4. The molecule has 0 radical (unpaired) electrons. The van der Waals surface area contributed by atoms with Crippen LogP contribution in [0.3, 0.4) is 0 Å². The summed E-state index contributed by atoms with van der Waals surface area (Å²) in [6.45, 7) is 6.37. The molecule has 1 aliphatic heterocycles. The van der Waals surface area contributed by atoms with Gasteiger partial charge in [0.2, 0.25) is 0 Å². The van der Waals surface area contributed by atoms with Crippen LogP contribution in [-0.2, 0) is 16.9 Å². The van der Waals surface area contributed by atoms with Crippen molar-refractivity contribution in [2.24, 2.45) is 0 Å². The first kappa shape index (κ1) is 21.0. The zero-order valence-corrected chi connectivity index (χ0v) is 18.1. The Bertz CT molecular complexity index is 1140. The number of ketones is 1. The normalized spacial score (nSPS) is 17.8. The lowest BCUT2D eigenvalue weighted by Crippen LogP contribution is -2.41. The molecule has 4 heteroatoms. The second-order valence-electron chi connectivity index (χ2n) is 8.58. The third-order valence-corrected chi connectivity index (χ3v) is 6.07. The molecule has 0 aliphatic carbocycles. The Hall–Kier alpha value is -3.24. The van der Waals surface area contributed by atoms with E-state index in [1.54, 1.807) is 17.0 Å². The standard InChI is InChI=1S/C27H27NO3/c1-18(2)21-14-13-19(3)22(15-21)25(29)16-27(31)23-11-7-8-12-24(23)28(26(27)30)17-20-9-5-4-6-10-20/h4-15,18,31H,16-17H2,1-3H3. The number of amides is 1. The van der Waals surface area contributed by atoms with Crippen molar-refractivity contribution >= 4 is 17.4 Å². The summed E-state index contributed by atoms with van der Waals surface area (Å²) in [5.41, 5.74) is 2.69. The molecule has 31 heavy (non-hydrogen) atoms. The van der Waals surface area contributed by atoms with Gasteiger partial charge in [-0.1, -0.05) is 74.5 Å². The van der Waals surface area contributed by atoms with Crippen LogP contribution in [0.25, 0.3) is 0 Å². The maximum absolute atomic E-state index is 13.4. The number of carbonyl (C=O) groups is 2. The number of carbonyl (C=O) groups excluding carboxylic acids is 2. The van der Waals surface area contributed by atoms with Crippen molar-refractivity contribution in [2.75, 3.05) is 4.90 Å². The lowest BCUT2D eigenvalue weighted by molar-refractivity contribution is -0.136. The highest BCUT2D eigenvalue weighted by Crippen LogP contribution is 2.43. The zero-order chi connectivity index (χ0) is 22.2. The molecule has 158 valence electrons. The van der Waals surface area contributed by atoms with E-state index in [0.29, 0.717) is 23.4 Å². The van der Waals surface area contributed by atoms with E-state index >= 15 is 0 Å². The van der Waals surface area contributed by atoms with Gasteiger partial charge in [0.15, 0.2) is 11.4 Å². The van der Waals surface area contributed by atoms with Crippen LogP contribution in [0.5, 0.6) is 0 Å². The molecule has 4 rings (SSSR count). The van der Waals surface area contributed by atoms with E-state index in [-0.39, 0.29) is 18.1 Å². The van der Waals surface area contributed by atoms with Crippen LogP contribution < -0.4 is 4.90 Å². The van der Waals surface area contributed by atoms with Gasteiger partial charge in [0, 0.05) is 11.1 Å². The highest BCUT2D eigenvalue weighted by Gasteiger charge is 2.50. The van der Waals surface area contributed by atoms with Crippen molar-refractivity contribution in [1.29, 1.82) is 0 Å². The summed E-state index contributed by atoms with van der Waals surface area (Å²) < 4.78 is 0. The van der Waals surface area contributed by atoms with Gasteiger partial charge < -0.3 is 10.0 Å². The van der Waals surface area contributed by atoms with Gasteiger partial charge in [0.1, 0.15) is 0 Å². The summed E-state index contributed by atoms with van der Waals surface area (Å²) in [6, 6.07) is 22.7. The van der Waals surface area contributed by atoms with Gasteiger partial charge in [-0.15, -0.1) is 0 Å². The van der Waals surface area contributed by atoms with Gasteiger partial charge in [-0.3, -0.25) is 9.59 Å². The number of fused-ring (bicyclic) bond motifs is 1. The van der Waals surface area contributed by atoms with Gasteiger partial charge in [-0.25, -0.2) is 0 Å². The molecule has 0 spiro atoms. The van der Waals surface area contributed by atoms with E-state index in [2.05, 4.69) is 13.8 Å². The average Bonchev–Trinajstić information content (AvgIpc) is 2.96. The van der Waals surface area contributed by atoms with Gasteiger partial charge in [-0.05, 0) is 41.7 Å². The smallest absolute Gasteiger partial charge is 0.264 e. The number of nitrogens with zero attached hydrogens (tertiary/aromatic N) is 1. The van der Waals surface area contributed by atoms with Gasteiger partial charge >= 0.3 is 0 Å². The Morgan fingerprint density at radius 2 is 1.68 bits per heavy atom. The average molecular weight is 414 g/mol. The van der Waals surface area contributed by atoms with Crippen molar-refractivity contribution < 1.29 is 14.7 Å². The third-order valence-electron chi connectivity index (χ3n) is 6.07. The van der Waals surface area contributed by atoms with Crippen LogP contribution in [0.15, 0.2) is 72.8 Å². The number of aryl methyl sites for hydroxylation is 1. The molecule has 1 atom stereocenters. The van der Waals surface area contributed by atoms with Crippen LogP contribution in [-0.4, -0.2) is 16.8 Å². The molecule has 1 heterocycles. The van der Waals surface area contributed by atoms with Crippen LogP contribution >= 0.6 is 0 Å². The molecular weight excluding hydrogens is 386 g/mol. The topological polar surface area (TPSA) is 57.6 Å². The van der Waals surface area contributed by atoms with E-state index in [1.165, 1.54) is 0 Å². The molecule has 1 aliphatic rings. The minimum Gasteiger partial charge on any atom is -0.375 e. The third kappa shape index (κ3) is 3.79. The van der Waals surface area contributed by atoms with Crippen molar-refractivity contribution in [3.8, 4) is 0 Å². The Kier molecular flexibility index (Phi) is 5.50. The summed E-state index contributed by atoms with van der Waals surface area (Å²) >= 11 is 0. The number of benzene rings is 3. The lowest BCUT2D eigenvalue weighted by atomic mass is 9.86. The largest absolute Gasteiger partial charge is 0.375 e. The molecule has 4 nitrogen and oxygen atoms in total. The lowest BCUT2D eigenvalue weighted by Gasteiger charge is -2.23. The monoisotopic (exact) mass is 413 g/mol. The maximum Gasteiger partial charge on any atom is 0.264 e. The van der Waals surface area contributed by atoms with Crippen LogP contribution in [0.1, 0.15) is 58.8 Å². The fourth-order valence-corrected chi connectivity index (χ4v) is 4.23. The molecule has 3 aromatic carbocycles. The van der Waals surface area contributed by atoms with Crippen LogP contribution in [0, 0.1) is 6.92 Å². The molecule has 1 N–H and O–H groups in total. The molecule has 0 saturated carbocycles. The molecule has 0 bridgehead atoms. The second kappa shape index (κ2) is 8.12. The molecule has 1 unspecified atom stereocenters. The molecule has 0 saturated heterocycles. The Labute approximate surface area is 183 Å². The highest BCUT2D eigenvalue weighted by molar-refractivity contribution is 6.11. The summed E-state index contributed by atoms with van der Waals surface area (Å²) in [6.07, 6.45) is -0.281. The number of hydrogen-bond donors (Lipinski definition) is 1. The SMILES string of the molecule is Cc1ccc(C(C)C)cc1C(=O)CC1(O)C(=O)N(Cc2ccccc2)c2ccccc21. The minimum absolute atomic E-state index is 0.229. The number of Topliss-reactive ketones (excluding diaryl/α,β-unsaturated/α-hetero) is 1. The number of hydrogen-bond acceptors (Lipinski definition) is 3. The quantitative estimate of drug-likeness (QED) is 0.570. The van der Waals surface area contributed by atoms with Gasteiger partial charge in [0.25, 0.3) is 5.91 Å². The van der Waals surface area contributed by atoms with Crippen molar-refractivity contribution in [2.45, 2.75) is 45.3 Å². The Morgan fingerprint density at radius 1 is 1.00 bits per heavy atom. The predicted octanol–water partition coefficient (Wildman–Crippen LogP) is 5.13. The highest BCUT2D eigenvalue weighted by atomic mass is 16.3. The predicted molar refractivity (Wildman–Crippen MR) is 122 cm³/mol. The number of para-hydroxylation sites is 1. The fourth-order valence-electron chi connectivity index (χ4n) is 4.23. The molecule has 3 aromatic rings. The molecular formula is C27H27NO3. The van der Waals surface area contributed by atoms with E-state index in [0.717, 1.165) is 16.7 Å². The van der Waals surface area contributed by atoms with E-state index in [4.69, 9.17) is 0 Å². The minimum atomic E-state index is -1.87. The van der Waals surface area contributed by atoms with Crippen molar-refractivity contribution in [3.63, 3.8) is 0 Å². The first-order valence-electron chi connectivity index (χ1n) is 10.6. The summed E-state index contributed by atoms with van der Waals surface area (Å²) in [7, 11) is 0. The van der Waals surface area contributed by atoms with Gasteiger partial charge in [-0.2, -0.15) is 0 Å². The number of aliphatic hydroxyl groups is 1. The molecule has 0 fully saturated rings. The number of anilines is 1. The fraction of sp³-hybridized carbons (Fsp3) is 0.259. The van der Waals surface area contributed by atoms with Crippen LogP contribution in [0.4, 0.5) is 5.69 Å². The van der Waals surface area contributed by atoms with Gasteiger partial charge in [0.05, 0.1) is 18.7 Å². The van der Waals surface area contributed by atoms with Crippen molar-refractivity contribution in [3.05, 3.63) is 101 Å². The summed E-state index contributed by atoms with van der Waals surface area (Å²) in [5, 5.41) is 11.5. The number of rotatable bonds is 6. The summed E-state index contributed by atoms with van der Waals surface area (Å²) in [5.74, 6) is -0.402. The van der Waals surface area contributed by atoms with E-state index < -0.39 is 11.5 Å². The Morgan fingerprint density at radius 3 is 2.39 bits per heavy atom. The summed E-state index contributed by atoms with van der Waals surface area (Å²) in [4.78, 5) is 28.3. The van der Waals surface area contributed by atoms with E-state index in [9.17, 15) is 14.7 Å². The van der Waals surface area contributed by atoms with Crippen LogP contribution in [0.2, 0.25) is 0 Å².